The number of aromatic amines is 1. The van der Waals surface area contributed by atoms with E-state index in [0.717, 1.165) is 11.3 Å². The Morgan fingerprint density at radius 3 is 2.77 bits per heavy atom. The van der Waals surface area contributed by atoms with Gasteiger partial charge >= 0.3 is 0 Å². The molecule has 8 heteroatoms. The fourth-order valence-electron chi connectivity index (χ4n) is 4.31. The molecule has 1 aromatic carbocycles. The number of amides is 1. The molecule has 4 N–H and O–H groups in total. The molecule has 0 aliphatic heterocycles. The largest absolute Gasteiger partial charge is 0.396 e. The summed E-state index contributed by atoms with van der Waals surface area (Å²) in [6.45, 7) is 3.93. The molecule has 31 heavy (non-hydrogen) atoms. The van der Waals surface area contributed by atoms with E-state index in [4.69, 9.17) is 5.73 Å². The monoisotopic (exact) mass is 416 g/mol. The molecule has 5 rings (SSSR count). The summed E-state index contributed by atoms with van der Waals surface area (Å²) in [5, 5.41) is 11.0. The van der Waals surface area contributed by atoms with Crippen molar-refractivity contribution >= 4 is 28.2 Å². The van der Waals surface area contributed by atoms with E-state index in [1.54, 1.807) is 30.7 Å². The number of pyridine rings is 2. The number of hydrogen-bond donors (Lipinski definition) is 3. The van der Waals surface area contributed by atoms with Crippen molar-refractivity contribution in [3.63, 3.8) is 0 Å². The number of halogens is 1. The molecule has 156 valence electrons. The highest BCUT2D eigenvalue weighted by atomic mass is 19.1. The zero-order valence-electron chi connectivity index (χ0n) is 17.1. The fraction of sp³-hybridized carbons (Fsp3) is 0.217. The molecule has 4 aromatic rings. The quantitative estimate of drug-likeness (QED) is 0.435. The number of H-pyrrole nitrogens is 1. The Balaban J connectivity index is 1.47. The van der Waals surface area contributed by atoms with Gasteiger partial charge in [-0.3, -0.25) is 14.9 Å². The van der Waals surface area contributed by atoms with Gasteiger partial charge in [-0.25, -0.2) is 9.37 Å². The number of rotatable bonds is 4. The second-order valence-corrected chi connectivity index (χ2v) is 8.04. The van der Waals surface area contributed by atoms with Crippen molar-refractivity contribution in [3.8, 4) is 11.1 Å². The Labute approximate surface area is 177 Å². The molecule has 0 bridgehead atoms. The van der Waals surface area contributed by atoms with Gasteiger partial charge in [0.05, 0.1) is 11.6 Å². The predicted octanol–water partition coefficient (Wildman–Crippen LogP) is 4.04. The first-order chi connectivity index (χ1) is 15.0. The van der Waals surface area contributed by atoms with Gasteiger partial charge in [0.1, 0.15) is 5.82 Å². The summed E-state index contributed by atoms with van der Waals surface area (Å²) in [5.74, 6) is -0.0166. The minimum Gasteiger partial charge on any atom is -0.396 e. The normalized spacial score (nSPS) is 20.0. The molecule has 0 spiro atoms. The second-order valence-electron chi connectivity index (χ2n) is 8.04. The van der Waals surface area contributed by atoms with Crippen LogP contribution in [0.3, 0.4) is 0 Å². The lowest BCUT2D eigenvalue weighted by Gasteiger charge is -2.12. The van der Waals surface area contributed by atoms with Crippen molar-refractivity contribution in [1.82, 2.24) is 20.2 Å². The third kappa shape index (κ3) is 3.20. The van der Waals surface area contributed by atoms with Crippen LogP contribution < -0.4 is 11.1 Å². The van der Waals surface area contributed by atoms with E-state index in [1.807, 2.05) is 26.0 Å². The lowest BCUT2D eigenvalue weighted by atomic mass is 9.98. The molecule has 7 nitrogen and oxygen atoms in total. The Morgan fingerprint density at radius 1 is 1.19 bits per heavy atom. The van der Waals surface area contributed by atoms with Crippen molar-refractivity contribution in [1.29, 1.82) is 0 Å². The highest BCUT2D eigenvalue weighted by molar-refractivity contribution is 6.00. The van der Waals surface area contributed by atoms with Crippen LogP contribution in [0.5, 0.6) is 0 Å². The zero-order valence-corrected chi connectivity index (χ0v) is 17.1. The van der Waals surface area contributed by atoms with Crippen molar-refractivity contribution < 1.29 is 9.18 Å². The molecule has 1 fully saturated rings. The summed E-state index contributed by atoms with van der Waals surface area (Å²) in [7, 11) is 0. The third-order valence-corrected chi connectivity index (χ3v) is 6.14. The number of fused-ring (bicyclic) bond motifs is 1. The van der Waals surface area contributed by atoms with E-state index in [9.17, 15) is 9.18 Å². The summed E-state index contributed by atoms with van der Waals surface area (Å²) in [6.07, 6.45) is 6.46. The Morgan fingerprint density at radius 2 is 2.03 bits per heavy atom. The maximum atomic E-state index is 15.0. The summed E-state index contributed by atoms with van der Waals surface area (Å²) >= 11 is 0. The van der Waals surface area contributed by atoms with Gasteiger partial charge in [-0.15, -0.1) is 0 Å². The number of nitrogen functional groups attached to an aromatic ring is 1. The number of aromatic nitrogens is 4. The highest BCUT2D eigenvalue weighted by Gasteiger charge is 2.53. The van der Waals surface area contributed by atoms with Crippen molar-refractivity contribution in [2.45, 2.75) is 19.8 Å². The van der Waals surface area contributed by atoms with Crippen LogP contribution in [0.25, 0.3) is 21.9 Å². The number of carbonyl (C=O) groups is 1. The zero-order chi connectivity index (χ0) is 21.7. The molecule has 0 radical (unpaired) electrons. The number of anilines is 2. The van der Waals surface area contributed by atoms with Gasteiger partial charge in [0.2, 0.25) is 5.91 Å². The van der Waals surface area contributed by atoms with Crippen LogP contribution in [0, 0.1) is 24.6 Å². The highest BCUT2D eigenvalue weighted by Crippen LogP contribution is 2.53. The number of nitrogens with one attached hydrogen (secondary N) is 2. The number of aryl methyl sites for hydroxylation is 1. The van der Waals surface area contributed by atoms with E-state index in [2.05, 4.69) is 25.5 Å². The van der Waals surface area contributed by atoms with Crippen LogP contribution in [-0.2, 0) is 4.79 Å². The van der Waals surface area contributed by atoms with Crippen molar-refractivity contribution in [2.24, 2.45) is 11.8 Å². The summed E-state index contributed by atoms with van der Waals surface area (Å²) < 4.78 is 15.0. The van der Waals surface area contributed by atoms with Crippen molar-refractivity contribution in [3.05, 3.63) is 66.1 Å². The second kappa shape index (κ2) is 7.16. The summed E-state index contributed by atoms with van der Waals surface area (Å²) in [6, 6.07) is 7.15. The smallest absolute Gasteiger partial charge is 0.229 e. The topological polar surface area (TPSA) is 110 Å². The van der Waals surface area contributed by atoms with Gasteiger partial charge in [0.15, 0.2) is 5.82 Å². The molecule has 0 saturated heterocycles. The van der Waals surface area contributed by atoms with E-state index in [1.165, 1.54) is 6.20 Å². The van der Waals surface area contributed by atoms with E-state index in [-0.39, 0.29) is 29.3 Å². The molecule has 1 saturated carbocycles. The molecule has 1 aliphatic rings. The van der Waals surface area contributed by atoms with Crippen LogP contribution in [-0.4, -0.2) is 26.1 Å². The summed E-state index contributed by atoms with van der Waals surface area (Å²) in [4.78, 5) is 21.2. The molecule has 3 aromatic heterocycles. The van der Waals surface area contributed by atoms with Gasteiger partial charge in [-0.1, -0.05) is 6.92 Å². The number of nitrogens with zero attached hydrogens (tertiary/aromatic N) is 3. The van der Waals surface area contributed by atoms with Crippen LogP contribution >= 0.6 is 0 Å². The molecule has 3 unspecified atom stereocenters. The lowest BCUT2D eigenvalue weighted by molar-refractivity contribution is -0.117. The molecule has 3 heterocycles. The van der Waals surface area contributed by atoms with Gasteiger partial charge in [0.25, 0.3) is 0 Å². The van der Waals surface area contributed by atoms with Crippen LogP contribution in [0.4, 0.5) is 15.9 Å². The predicted molar refractivity (Wildman–Crippen MR) is 117 cm³/mol. The Kier molecular flexibility index (Phi) is 4.43. The average Bonchev–Trinajstić information content (AvgIpc) is 3.16. The Hall–Kier alpha value is -3.81. The molecule has 1 aliphatic carbocycles. The van der Waals surface area contributed by atoms with Gasteiger partial charge < -0.3 is 11.1 Å². The summed E-state index contributed by atoms with van der Waals surface area (Å²) in [5.41, 5.74) is 8.99. The molecule has 1 amide bonds. The maximum Gasteiger partial charge on any atom is 0.229 e. The lowest BCUT2D eigenvalue weighted by Crippen LogP contribution is -2.16. The minimum atomic E-state index is -0.503. The minimum absolute atomic E-state index is 0.0243. The van der Waals surface area contributed by atoms with E-state index in [0.29, 0.717) is 27.7 Å². The first-order valence-electron chi connectivity index (χ1n) is 10.0. The first kappa shape index (κ1) is 19.2. The van der Waals surface area contributed by atoms with E-state index >= 15 is 0 Å². The van der Waals surface area contributed by atoms with Crippen LogP contribution in [0.1, 0.15) is 24.1 Å². The van der Waals surface area contributed by atoms with E-state index < -0.39 is 5.82 Å². The standard InChI is InChI=1S/C23H21FN6O/c1-11-3-5-26-9-15(11)14-7-13-8-18(27-10-16(13)22(25)21(14)24)29-23(31)20-12(2)19(20)17-4-6-28-30-17/h3-10,12,19-20H,25H2,1-2H3,(H,28,30)(H,27,29,31). The van der Waals surface area contributed by atoms with Gasteiger partial charge in [0, 0.05) is 52.9 Å². The van der Waals surface area contributed by atoms with Crippen LogP contribution in [0.15, 0.2) is 49.1 Å². The molecular formula is C23H21FN6O. The third-order valence-electron chi connectivity index (χ3n) is 6.14. The van der Waals surface area contributed by atoms with Crippen molar-refractivity contribution in [2.75, 3.05) is 11.1 Å². The van der Waals surface area contributed by atoms with Gasteiger partial charge in [-0.2, -0.15) is 5.10 Å². The SMILES string of the molecule is Cc1ccncc1-c1cc2cc(NC(=O)C3C(C)C3c3ccn[nH]3)ncc2c(N)c1F. The van der Waals surface area contributed by atoms with Gasteiger partial charge in [-0.05, 0) is 48.1 Å². The maximum absolute atomic E-state index is 15.0. The molecule has 3 atom stereocenters. The number of benzene rings is 1. The first-order valence-corrected chi connectivity index (χ1v) is 10.0. The number of hydrogen-bond acceptors (Lipinski definition) is 5. The number of carbonyl (C=O) groups excluding carboxylic acids is 1. The average molecular weight is 416 g/mol. The van der Waals surface area contributed by atoms with Crippen LogP contribution in [0.2, 0.25) is 0 Å². The molecular weight excluding hydrogens is 395 g/mol. The number of nitrogens with two attached hydrogens (primary N) is 1. The fourth-order valence-corrected chi connectivity index (χ4v) is 4.31. The Bertz CT molecular complexity index is 1300.